The summed E-state index contributed by atoms with van der Waals surface area (Å²) in [7, 11) is 1.43. The zero-order valence-corrected chi connectivity index (χ0v) is 8.49. The van der Waals surface area contributed by atoms with E-state index in [1.807, 2.05) is 13.8 Å². The van der Waals surface area contributed by atoms with Crippen molar-refractivity contribution in [2.75, 3.05) is 7.11 Å². The highest BCUT2D eigenvalue weighted by Crippen LogP contribution is 2.17. The average molecular weight is 183 g/mol. The smallest absolute Gasteiger partial charge is 0.409 e. The highest BCUT2D eigenvalue weighted by Gasteiger charge is 2.26. The van der Waals surface area contributed by atoms with E-state index in [0.717, 1.165) is 12.8 Å². The molecule has 0 bridgehead atoms. The quantitative estimate of drug-likeness (QED) is 0.539. The van der Waals surface area contributed by atoms with Crippen molar-refractivity contribution in [3.63, 3.8) is 0 Å². The van der Waals surface area contributed by atoms with Crippen LogP contribution in [0.2, 0.25) is 0 Å². The monoisotopic (exact) mass is 183 g/mol. The minimum Gasteiger partial charge on any atom is -0.453 e. The molecule has 0 aromatic carbocycles. The van der Waals surface area contributed by atoms with Crippen LogP contribution in [0.4, 0.5) is 4.79 Å². The van der Waals surface area contributed by atoms with Crippen molar-refractivity contribution < 1.29 is 9.53 Å². The lowest BCUT2D eigenvalue weighted by atomic mass is 10.2. The fourth-order valence-corrected chi connectivity index (χ4v) is 1.71. The third kappa shape index (κ3) is 2.23. The zero-order valence-electron chi connectivity index (χ0n) is 8.49. The molecule has 0 saturated carbocycles. The lowest BCUT2D eigenvalue weighted by molar-refractivity contribution is 0.0920. The van der Waals surface area contributed by atoms with Crippen LogP contribution in [-0.2, 0) is 4.74 Å². The van der Waals surface area contributed by atoms with E-state index < -0.39 is 0 Å². The van der Waals surface area contributed by atoms with E-state index >= 15 is 0 Å². The van der Waals surface area contributed by atoms with Gasteiger partial charge in [-0.25, -0.2) is 4.79 Å². The first-order chi connectivity index (χ1) is 6.16. The average Bonchev–Trinajstić information content (AvgIpc) is 2.27. The maximum Gasteiger partial charge on any atom is 0.409 e. The highest BCUT2D eigenvalue weighted by molar-refractivity contribution is 5.68. The summed E-state index contributed by atoms with van der Waals surface area (Å²) >= 11 is 0. The molecule has 0 aromatic rings. The van der Waals surface area contributed by atoms with Gasteiger partial charge in [-0.1, -0.05) is 12.2 Å². The summed E-state index contributed by atoms with van der Waals surface area (Å²) in [5.41, 5.74) is 0. The molecule has 1 amide bonds. The number of methoxy groups -OCH3 is 1. The predicted octanol–water partition coefficient (Wildman–Crippen LogP) is 2.18. The van der Waals surface area contributed by atoms with E-state index in [4.69, 9.17) is 4.74 Å². The van der Waals surface area contributed by atoms with Gasteiger partial charge in [0.25, 0.3) is 0 Å². The van der Waals surface area contributed by atoms with Gasteiger partial charge in [-0.3, -0.25) is 0 Å². The topological polar surface area (TPSA) is 29.5 Å². The summed E-state index contributed by atoms with van der Waals surface area (Å²) in [5, 5.41) is 0. The van der Waals surface area contributed by atoms with Crippen LogP contribution in [-0.4, -0.2) is 30.2 Å². The molecule has 3 heteroatoms. The number of hydrogen-bond donors (Lipinski definition) is 0. The van der Waals surface area contributed by atoms with Crippen LogP contribution < -0.4 is 0 Å². The first-order valence-electron chi connectivity index (χ1n) is 4.68. The maximum absolute atomic E-state index is 11.4. The lowest BCUT2D eigenvalue weighted by Gasteiger charge is -2.30. The molecule has 0 saturated heterocycles. The van der Waals surface area contributed by atoms with E-state index in [-0.39, 0.29) is 18.2 Å². The second-order valence-corrected chi connectivity index (χ2v) is 3.52. The Morgan fingerprint density at radius 1 is 1.31 bits per heavy atom. The Hall–Kier alpha value is -0.990. The Labute approximate surface area is 79.4 Å². The predicted molar refractivity (Wildman–Crippen MR) is 51.5 cm³/mol. The van der Waals surface area contributed by atoms with Crippen LogP contribution in [0.3, 0.4) is 0 Å². The summed E-state index contributed by atoms with van der Waals surface area (Å²) < 4.78 is 4.75. The van der Waals surface area contributed by atoms with Crippen molar-refractivity contribution in [2.24, 2.45) is 0 Å². The van der Waals surface area contributed by atoms with Crippen molar-refractivity contribution in [1.82, 2.24) is 4.90 Å². The molecule has 13 heavy (non-hydrogen) atoms. The molecule has 0 aromatic heterocycles. The molecule has 1 rings (SSSR count). The Balaban J connectivity index is 2.73. The third-order valence-corrected chi connectivity index (χ3v) is 2.46. The number of rotatable bonds is 0. The Bertz CT molecular complexity index is 199. The molecule has 0 aliphatic carbocycles. The van der Waals surface area contributed by atoms with Crippen LogP contribution >= 0.6 is 0 Å². The third-order valence-electron chi connectivity index (χ3n) is 2.46. The summed E-state index contributed by atoms with van der Waals surface area (Å²) in [6, 6.07) is 0.474. The molecular weight excluding hydrogens is 166 g/mol. The minimum atomic E-state index is -0.219. The van der Waals surface area contributed by atoms with Gasteiger partial charge >= 0.3 is 6.09 Å². The summed E-state index contributed by atoms with van der Waals surface area (Å²) in [4.78, 5) is 13.2. The standard InChI is InChI=1S/C10H17NO2/c1-8-6-4-5-7-9(2)11(8)10(12)13-3/h4-5,8-9H,6-7H2,1-3H3/t8-,9?/m0/s1. The van der Waals surface area contributed by atoms with E-state index in [1.54, 1.807) is 4.90 Å². The zero-order chi connectivity index (χ0) is 9.84. The van der Waals surface area contributed by atoms with Crippen molar-refractivity contribution in [3.8, 4) is 0 Å². The van der Waals surface area contributed by atoms with Gasteiger partial charge in [0.1, 0.15) is 0 Å². The van der Waals surface area contributed by atoms with Gasteiger partial charge < -0.3 is 9.64 Å². The Kier molecular flexibility index (Phi) is 3.34. The first-order valence-corrected chi connectivity index (χ1v) is 4.68. The fourth-order valence-electron chi connectivity index (χ4n) is 1.71. The maximum atomic E-state index is 11.4. The summed E-state index contributed by atoms with van der Waals surface area (Å²) in [6.07, 6.45) is 5.87. The van der Waals surface area contributed by atoms with E-state index in [2.05, 4.69) is 12.2 Å². The van der Waals surface area contributed by atoms with Gasteiger partial charge in [-0.2, -0.15) is 0 Å². The number of carbonyl (C=O) groups excluding carboxylic acids is 1. The molecule has 0 fully saturated rings. The molecule has 1 aliphatic rings. The van der Waals surface area contributed by atoms with E-state index in [9.17, 15) is 4.79 Å². The van der Waals surface area contributed by atoms with Gasteiger partial charge in [-0.05, 0) is 26.7 Å². The van der Waals surface area contributed by atoms with Gasteiger partial charge in [-0.15, -0.1) is 0 Å². The van der Waals surface area contributed by atoms with Crippen LogP contribution in [0, 0.1) is 0 Å². The Morgan fingerprint density at radius 2 is 1.77 bits per heavy atom. The Morgan fingerprint density at radius 3 is 2.15 bits per heavy atom. The molecular formula is C10H17NO2. The minimum absolute atomic E-state index is 0.219. The number of amides is 1. The van der Waals surface area contributed by atoms with E-state index in [1.165, 1.54) is 7.11 Å². The van der Waals surface area contributed by atoms with Crippen LogP contribution in [0.15, 0.2) is 12.2 Å². The molecule has 3 nitrogen and oxygen atoms in total. The normalized spacial score (nSPS) is 28.4. The van der Waals surface area contributed by atoms with Crippen LogP contribution in [0.5, 0.6) is 0 Å². The first kappa shape index (κ1) is 10.1. The number of hydrogen-bond acceptors (Lipinski definition) is 2. The SMILES string of the molecule is COC(=O)N1C(C)CC=CC[C@@H]1C. The molecule has 2 atom stereocenters. The van der Waals surface area contributed by atoms with Crippen molar-refractivity contribution in [1.29, 1.82) is 0 Å². The fraction of sp³-hybridized carbons (Fsp3) is 0.700. The molecule has 1 aliphatic heterocycles. The van der Waals surface area contributed by atoms with Crippen molar-refractivity contribution >= 4 is 6.09 Å². The van der Waals surface area contributed by atoms with Crippen LogP contribution in [0.25, 0.3) is 0 Å². The van der Waals surface area contributed by atoms with Gasteiger partial charge in [0.05, 0.1) is 7.11 Å². The van der Waals surface area contributed by atoms with Gasteiger partial charge in [0.15, 0.2) is 0 Å². The highest BCUT2D eigenvalue weighted by atomic mass is 16.5. The molecule has 1 unspecified atom stereocenters. The number of carbonyl (C=O) groups is 1. The lowest BCUT2D eigenvalue weighted by Crippen LogP contribution is -2.43. The van der Waals surface area contributed by atoms with Crippen molar-refractivity contribution in [3.05, 3.63) is 12.2 Å². The second-order valence-electron chi connectivity index (χ2n) is 3.52. The molecule has 0 N–H and O–H groups in total. The van der Waals surface area contributed by atoms with Crippen molar-refractivity contribution in [2.45, 2.75) is 38.8 Å². The number of ether oxygens (including phenoxy) is 1. The van der Waals surface area contributed by atoms with Gasteiger partial charge in [0.2, 0.25) is 0 Å². The van der Waals surface area contributed by atoms with E-state index in [0.29, 0.717) is 0 Å². The summed E-state index contributed by atoms with van der Waals surface area (Å²) in [6.45, 7) is 4.09. The molecule has 0 spiro atoms. The molecule has 74 valence electrons. The summed E-state index contributed by atoms with van der Waals surface area (Å²) in [5.74, 6) is 0. The second kappa shape index (κ2) is 4.30. The molecule has 1 heterocycles. The van der Waals surface area contributed by atoms with Crippen LogP contribution in [0.1, 0.15) is 26.7 Å². The largest absolute Gasteiger partial charge is 0.453 e. The molecule has 0 radical (unpaired) electrons. The number of nitrogens with zero attached hydrogens (tertiary/aromatic N) is 1. The van der Waals surface area contributed by atoms with Gasteiger partial charge in [0, 0.05) is 12.1 Å².